The summed E-state index contributed by atoms with van der Waals surface area (Å²) in [6.45, 7) is 2.88. The van der Waals surface area contributed by atoms with E-state index < -0.39 is 0 Å². The number of carbonyl (C=O) groups excluding carboxylic acids is 1. The second-order valence-electron chi connectivity index (χ2n) is 4.55. The molecule has 20 heavy (non-hydrogen) atoms. The third kappa shape index (κ3) is 4.61. The van der Waals surface area contributed by atoms with Crippen LogP contribution in [-0.4, -0.2) is 38.6 Å². The van der Waals surface area contributed by atoms with Gasteiger partial charge in [-0.1, -0.05) is 13.3 Å². The second-order valence-corrected chi connectivity index (χ2v) is 4.55. The van der Waals surface area contributed by atoms with Gasteiger partial charge in [0.15, 0.2) is 0 Å². The lowest BCUT2D eigenvalue weighted by atomic mass is 10.1. The van der Waals surface area contributed by atoms with Crippen molar-refractivity contribution < 1.29 is 14.3 Å². The normalized spacial score (nSPS) is 10.6. The quantitative estimate of drug-likeness (QED) is 0.719. The molecule has 0 heterocycles. The minimum Gasteiger partial charge on any atom is -0.497 e. The summed E-state index contributed by atoms with van der Waals surface area (Å²) in [7, 11) is 5.03. The van der Waals surface area contributed by atoms with Crippen molar-refractivity contribution in [3.05, 3.63) is 29.8 Å². The van der Waals surface area contributed by atoms with E-state index in [9.17, 15) is 4.79 Å². The van der Waals surface area contributed by atoms with E-state index in [0.717, 1.165) is 30.7 Å². The molecule has 0 saturated carbocycles. The van der Waals surface area contributed by atoms with Gasteiger partial charge >= 0.3 is 0 Å². The maximum Gasteiger partial charge on any atom is 0.246 e. The molecule has 110 valence electrons. The van der Waals surface area contributed by atoms with E-state index in [-0.39, 0.29) is 5.91 Å². The first-order chi connectivity index (χ1) is 9.62. The maximum atomic E-state index is 11.9. The molecule has 1 aromatic rings. The molecule has 1 aromatic carbocycles. The van der Waals surface area contributed by atoms with Crippen molar-refractivity contribution in [2.75, 3.05) is 27.8 Å². The zero-order chi connectivity index (χ0) is 15.0. The zero-order valence-electron chi connectivity index (χ0n) is 12.7. The summed E-state index contributed by atoms with van der Waals surface area (Å²) < 4.78 is 10.4. The Morgan fingerprint density at radius 1 is 1.30 bits per heavy atom. The van der Waals surface area contributed by atoms with Crippen molar-refractivity contribution in [2.24, 2.45) is 0 Å². The van der Waals surface area contributed by atoms with Crippen LogP contribution in [-0.2, 0) is 4.79 Å². The van der Waals surface area contributed by atoms with Crippen LogP contribution >= 0.6 is 0 Å². The predicted octanol–water partition coefficient (Wildman–Crippen LogP) is 2.98. The van der Waals surface area contributed by atoms with Gasteiger partial charge in [0.25, 0.3) is 0 Å². The minimum absolute atomic E-state index is 0.0108. The van der Waals surface area contributed by atoms with E-state index >= 15 is 0 Å². The average molecular weight is 277 g/mol. The van der Waals surface area contributed by atoms with E-state index in [1.54, 1.807) is 31.3 Å². The predicted molar refractivity (Wildman–Crippen MR) is 81.1 cm³/mol. The third-order valence-electron chi connectivity index (χ3n) is 3.07. The number of amides is 1. The molecule has 0 unspecified atom stereocenters. The molecule has 0 aliphatic rings. The fraction of sp³-hybridized carbons (Fsp3) is 0.438. The maximum absolute atomic E-state index is 11.9. The van der Waals surface area contributed by atoms with E-state index in [2.05, 4.69) is 6.92 Å². The number of benzene rings is 1. The number of likely N-dealkylation sites (N-methyl/N-ethyl adjacent to an activating group) is 1. The van der Waals surface area contributed by atoms with E-state index in [4.69, 9.17) is 9.47 Å². The molecule has 0 aliphatic heterocycles. The highest BCUT2D eigenvalue weighted by atomic mass is 16.5. The lowest BCUT2D eigenvalue weighted by molar-refractivity contribution is -0.124. The number of nitrogens with zero attached hydrogens (tertiary/aromatic N) is 1. The van der Waals surface area contributed by atoms with Gasteiger partial charge in [0.05, 0.1) is 14.2 Å². The lowest BCUT2D eigenvalue weighted by Gasteiger charge is -2.14. The van der Waals surface area contributed by atoms with Crippen LogP contribution in [0.25, 0.3) is 6.08 Å². The fourth-order valence-electron chi connectivity index (χ4n) is 1.76. The topological polar surface area (TPSA) is 38.8 Å². The molecule has 0 N–H and O–H groups in total. The minimum atomic E-state index is -0.0108. The van der Waals surface area contributed by atoms with Crippen LogP contribution in [0.1, 0.15) is 25.3 Å². The molecule has 4 nitrogen and oxygen atoms in total. The molecule has 0 aromatic heterocycles. The zero-order valence-corrected chi connectivity index (χ0v) is 12.7. The first-order valence-corrected chi connectivity index (χ1v) is 6.77. The number of rotatable bonds is 7. The molecule has 4 heteroatoms. The van der Waals surface area contributed by atoms with Crippen molar-refractivity contribution >= 4 is 12.0 Å². The van der Waals surface area contributed by atoms with Gasteiger partial charge in [0.2, 0.25) is 5.91 Å². The number of carbonyl (C=O) groups is 1. The van der Waals surface area contributed by atoms with Gasteiger partial charge in [-0.05, 0) is 30.7 Å². The van der Waals surface area contributed by atoms with Gasteiger partial charge in [0.1, 0.15) is 11.5 Å². The van der Waals surface area contributed by atoms with Crippen molar-refractivity contribution in [3.63, 3.8) is 0 Å². The highest BCUT2D eigenvalue weighted by Crippen LogP contribution is 2.25. The Kier molecular flexibility index (Phi) is 6.64. The molecule has 0 bridgehead atoms. The molecule has 0 radical (unpaired) electrons. The highest BCUT2D eigenvalue weighted by Gasteiger charge is 2.06. The molecule has 0 aliphatic carbocycles. The summed E-state index contributed by atoms with van der Waals surface area (Å²) in [4.78, 5) is 13.7. The van der Waals surface area contributed by atoms with E-state index in [1.807, 2.05) is 25.2 Å². The van der Waals surface area contributed by atoms with Crippen molar-refractivity contribution in [3.8, 4) is 11.5 Å². The molecule has 0 saturated heterocycles. The highest BCUT2D eigenvalue weighted by molar-refractivity contribution is 5.92. The summed E-state index contributed by atoms with van der Waals surface area (Å²) in [5, 5.41) is 0. The van der Waals surface area contributed by atoms with Crippen molar-refractivity contribution in [1.29, 1.82) is 0 Å². The summed E-state index contributed by atoms with van der Waals surface area (Å²) >= 11 is 0. The van der Waals surface area contributed by atoms with E-state index in [1.165, 1.54) is 0 Å². The summed E-state index contributed by atoms with van der Waals surface area (Å²) in [6, 6.07) is 5.49. The average Bonchev–Trinajstić information content (AvgIpc) is 2.49. The largest absolute Gasteiger partial charge is 0.497 e. The SMILES string of the molecule is CCCCN(C)C(=O)/C=C/c1cc(OC)ccc1OC. The lowest BCUT2D eigenvalue weighted by Crippen LogP contribution is -2.25. The van der Waals surface area contributed by atoms with Gasteiger partial charge in [-0.15, -0.1) is 0 Å². The van der Waals surface area contributed by atoms with Crippen LogP contribution in [0.3, 0.4) is 0 Å². The number of methoxy groups -OCH3 is 2. The Hall–Kier alpha value is -1.97. The summed E-state index contributed by atoms with van der Waals surface area (Å²) in [5.41, 5.74) is 0.823. The van der Waals surface area contributed by atoms with Crippen molar-refractivity contribution in [1.82, 2.24) is 4.90 Å². The molecule has 1 rings (SSSR count). The number of unbranched alkanes of at least 4 members (excludes halogenated alkanes) is 1. The Morgan fingerprint density at radius 2 is 2.05 bits per heavy atom. The van der Waals surface area contributed by atoms with Crippen LogP contribution in [0, 0.1) is 0 Å². The summed E-state index contributed by atoms with van der Waals surface area (Å²) in [6.07, 6.45) is 5.41. The molecule has 0 atom stereocenters. The van der Waals surface area contributed by atoms with E-state index in [0.29, 0.717) is 5.75 Å². The first kappa shape index (κ1) is 16.1. The Bertz CT molecular complexity index is 469. The fourth-order valence-corrected chi connectivity index (χ4v) is 1.76. The van der Waals surface area contributed by atoms with Crippen LogP contribution in [0.2, 0.25) is 0 Å². The number of hydrogen-bond acceptors (Lipinski definition) is 3. The van der Waals surface area contributed by atoms with Crippen LogP contribution in [0.15, 0.2) is 24.3 Å². The Balaban J connectivity index is 2.80. The smallest absolute Gasteiger partial charge is 0.246 e. The standard InChI is InChI=1S/C16H23NO3/c1-5-6-11-17(2)16(18)10-7-13-12-14(19-3)8-9-15(13)20-4/h7-10,12H,5-6,11H2,1-4H3/b10-7+. The van der Waals surface area contributed by atoms with Gasteiger partial charge in [-0.25, -0.2) is 0 Å². The van der Waals surface area contributed by atoms with Gasteiger partial charge in [-0.3, -0.25) is 4.79 Å². The Morgan fingerprint density at radius 3 is 2.65 bits per heavy atom. The van der Waals surface area contributed by atoms with Crippen LogP contribution in [0.4, 0.5) is 0 Å². The second kappa shape index (κ2) is 8.25. The third-order valence-corrected chi connectivity index (χ3v) is 3.07. The van der Waals surface area contributed by atoms with Gasteiger partial charge < -0.3 is 14.4 Å². The first-order valence-electron chi connectivity index (χ1n) is 6.77. The van der Waals surface area contributed by atoms with Crippen LogP contribution < -0.4 is 9.47 Å². The Labute approximate surface area is 121 Å². The van der Waals surface area contributed by atoms with Crippen LogP contribution in [0.5, 0.6) is 11.5 Å². The molecular weight excluding hydrogens is 254 g/mol. The monoisotopic (exact) mass is 277 g/mol. The molecule has 1 amide bonds. The molecular formula is C16H23NO3. The number of ether oxygens (including phenoxy) is 2. The van der Waals surface area contributed by atoms with Gasteiger partial charge in [0, 0.05) is 25.2 Å². The number of hydrogen-bond donors (Lipinski definition) is 0. The molecule has 0 fully saturated rings. The van der Waals surface area contributed by atoms with Gasteiger partial charge in [-0.2, -0.15) is 0 Å². The molecule has 0 spiro atoms. The summed E-state index contributed by atoms with van der Waals surface area (Å²) in [5.74, 6) is 1.44. The van der Waals surface area contributed by atoms with Crippen molar-refractivity contribution in [2.45, 2.75) is 19.8 Å².